The van der Waals surface area contributed by atoms with Crippen molar-refractivity contribution in [3.63, 3.8) is 0 Å². The number of benzene rings is 1. The van der Waals surface area contributed by atoms with Crippen LogP contribution in [0.1, 0.15) is 38.2 Å². The molecule has 2 atom stereocenters. The molecule has 0 saturated heterocycles. The second-order valence-electron chi connectivity index (χ2n) is 8.20. The minimum absolute atomic E-state index is 0.0387. The van der Waals surface area contributed by atoms with E-state index >= 15 is 0 Å². The predicted octanol–water partition coefficient (Wildman–Crippen LogP) is 3.95. The Labute approximate surface area is 187 Å². The summed E-state index contributed by atoms with van der Waals surface area (Å²) in [6, 6.07) is 10.8. The van der Waals surface area contributed by atoms with Gasteiger partial charge in [-0.15, -0.1) is 0 Å². The van der Waals surface area contributed by atoms with E-state index < -0.39 is 5.92 Å². The lowest BCUT2D eigenvalue weighted by molar-refractivity contribution is -0.117. The number of carbonyl (C=O) groups excluding carboxylic acids is 2. The van der Waals surface area contributed by atoms with E-state index in [0.717, 1.165) is 12.1 Å². The number of amides is 1. The van der Waals surface area contributed by atoms with Crippen molar-refractivity contribution >= 4 is 17.5 Å². The van der Waals surface area contributed by atoms with Gasteiger partial charge in [0.05, 0.1) is 20.1 Å². The van der Waals surface area contributed by atoms with Crippen LogP contribution in [0.5, 0.6) is 11.5 Å². The van der Waals surface area contributed by atoms with Crippen LogP contribution in [-0.4, -0.2) is 30.9 Å². The smallest absolute Gasteiger partial charge is 0.255 e. The number of nitrogens with zero attached hydrogens (tertiary/aromatic N) is 1. The molecule has 166 valence electrons. The van der Waals surface area contributed by atoms with Crippen LogP contribution < -0.4 is 20.1 Å². The van der Waals surface area contributed by atoms with E-state index in [1.54, 1.807) is 50.7 Å². The molecule has 1 aliphatic heterocycles. The first-order chi connectivity index (χ1) is 15.4. The largest absolute Gasteiger partial charge is 0.497 e. The maximum absolute atomic E-state index is 13.5. The zero-order chi connectivity index (χ0) is 22.8. The molecule has 1 aliphatic carbocycles. The van der Waals surface area contributed by atoms with Gasteiger partial charge >= 0.3 is 0 Å². The molecule has 1 amide bonds. The molecule has 0 unspecified atom stereocenters. The zero-order valence-corrected chi connectivity index (χ0v) is 18.7. The number of Topliss-reactive ketones (excluding diaryl/α,β-unsaturated/α-hetero) is 1. The minimum atomic E-state index is -0.583. The summed E-state index contributed by atoms with van der Waals surface area (Å²) in [5, 5.41) is 6.22. The number of carbonyl (C=O) groups is 2. The van der Waals surface area contributed by atoms with Crippen molar-refractivity contribution in [3.8, 4) is 11.5 Å². The Balaban J connectivity index is 1.88. The van der Waals surface area contributed by atoms with Crippen LogP contribution >= 0.6 is 0 Å². The van der Waals surface area contributed by atoms with Crippen molar-refractivity contribution in [2.24, 2.45) is 5.92 Å². The van der Waals surface area contributed by atoms with E-state index in [0.29, 0.717) is 46.1 Å². The van der Waals surface area contributed by atoms with Crippen LogP contribution in [-0.2, 0) is 9.59 Å². The lowest BCUT2D eigenvalue weighted by Crippen LogP contribution is -2.37. The number of methoxy groups -OCH3 is 2. The monoisotopic (exact) mass is 433 g/mol. The van der Waals surface area contributed by atoms with Crippen LogP contribution in [0.3, 0.4) is 0 Å². The topological polar surface area (TPSA) is 89.6 Å². The number of aromatic nitrogens is 1. The average Bonchev–Trinajstić information content (AvgIpc) is 2.78. The van der Waals surface area contributed by atoms with E-state index in [-0.39, 0.29) is 17.6 Å². The fourth-order valence-electron chi connectivity index (χ4n) is 4.53. The Morgan fingerprint density at radius 2 is 1.97 bits per heavy atom. The van der Waals surface area contributed by atoms with Crippen LogP contribution in [0.2, 0.25) is 0 Å². The normalized spacial score (nSPS) is 20.4. The Morgan fingerprint density at radius 1 is 1.16 bits per heavy atom. The van der Waals surface area contributed by atoms with Gasteiger partial charge < -0.3 is 20.1 Å². The molecule has 32 heavy (non-hydrogen) atoms. The number of ether oxygens (including phenoxy) is 2. The van der Waals surface area contributed by atoms with Crippen molar-refractivity contribution < 1.29 is 19.1 Å². The first kappa shape index (κ1) is 21.6. The lowest BCUT2D eigenvalue weighted by atomic mass is 9.72. The number of hydrogen-bond acceptors (Lipinski definition) is 6. The highest BCUT2D eigenvalue weighted by Crippen LogP contribution is 2.46. The summed E-state index contributed by atoms with van der Waals surface area (Å²) >= 11 is 0. The molecule has 4 rings (SSSR count). The van der Waals surface area contributed by atoms with Gasteiger partial charge in [0.15, 0.2) is 5.78 Å². The molecule has 0 fully saturated rings. The highest BCUT2D eigenvalue weighted by molar-refractivity contribution is 6.09. The lowest BCUT2D eigenvalue weighted by Gasteiger charge is -2.36. The van der Waals surface area contributed by atoms with Crippen molar-refractivity contribution in [2.75, 3.05) is 19.5 Å². The molecule has 0 spiro atoms. The number of ketones is 1. The van der Waals surface area contributed by atoms with Crippen molar-refractivity contribution in [1.82, 2.24) is 10.3 Å². The van der Waals surface area contributed by atoms with Crippen LogP contribution in [0, 0.1) is 5.92 Å². The van der Waals surface area contributed by atoms with Gasteiger partial charge in [-0.05, 0) is 49.6 Å². The van der Waals surface area contributed by atoms with E-state index in [1.807, 2.05) is 13.0 Å². The summed E-state index contributed by atoms with van der Waals surface area (Å²) in [4.78, 5) is 31.0. The molecule has 2 aromatic rings. The second kappa shape index (κ2) is 8.86. The summed E-state index contributed by atoms with van der Waals surface area (Å²) in [5.41, 5.74) is 3.37. The van der Waals surface area contributed by atoms with Gasteiger partial charge in [0.1, 0.15) is 17.3 Å². The number of rotatable bonds is 5. The summed E-state index contributed by atoms with van der Waals surface area (Å²) in [7, 11) is 3.17. The molecular formula is C25H27N3O4. The predicted molar refractivity (Wildman–Crippen MR) is 121 cm³/mol. The fourth-order valence-corrected chi connectivity index (χ4v) is 4.53. The van der Waals surface area contributed by atoms with Crippen molar-refractivity contribution in [3.05, 3.63) is 70.7 Å². The van der Waals surface area contributed by atoms with E-state index in [4.69, 9.17) is 9.47 Å². The van der Waals surface area contributed by atoms with E-state index in [2.05, 4.69) is 22.5 Å². The Kier molecular flexibility index (Phi) is 5.99. The first-order valence-corrected chi connectivity index (χ1v) is 10.6. The van der Waals surface area contributed by atoms with Gasteiger partial charge in [-0.25, -0.2) is 4.98 Å². The summed E-state index contributed by atoms with van der Waals surface area (Å²) in [6.07, 6.45) is 2.80. The Bertz CT molecular complexity index is 1120. The van der Waals surface area contributed by atoms with Crippen LogP contribution in [0.25, 0.3) is 0 Å². The molecule has 1 aromatic carbocycles. The van der Waals surface area contributed by atoms with Gasteiger partial charge in [-0.2, -0.15) is 0 Å². The second-order valence-corrected chi connectivity index (χ2v) is 8.20. The molecular weight excluding hydrogens is 406 g/mol. The maximum atomic E-state index is 13.5. The molecule has 0 saturated carbocycles. The third-order valence-corrected chi connectivity index (χ3v) is 5.93. The standard InChI is InChI=1S/C25H27N3O4/c1-14-11-18-24(19(29)12-14)23(17-13-16(31-3)8-9-20(17)32-4)22(15(2)27-18)25(30)28-21-7-5-6-10-26-21/h5-10,13-14,23,27H,11-12H2,1-4H3,(H,26,28,30)/t14-,23+/m1/s1. The number of anilines is 1. The third-order valence-electron chi connectivity index (χ3n) is 5.93. The molecule has 2 heterocycles. The van der Waals surface area contributed by atoms with Gasteiger partial charge in [0.2, 0.25) is 0 Å². The number of dihydropyridines is 1. The minimum Gasteiger partial charge on any atom is -0.497 e. The Hall–Kier alpha value is -3.61. The average molecular weight is 434 g/mol. The molecule has 7 heteroatoms. The Morgan fingerprint density at radius 3 is 2.66 bits per heavy atom. The van der Waals surface area contributed by atoms with Gasteiger partial charge in [-0.3, -0.25) is 9.59 Å². The fraction of sp³-hybridized carbons (Fsp3) is 0.320. The molecule has 2 N–H and O–H groups in total. The van der Waals surface area contributed by atoms with Crippen molar-refractivity contribution in [1.29, 1.82) is 0 Å². The molecule has 7 nitrogen and oxygen atoms in total. The highest BCUT2D eigenvalue weighted by atomic mass is 16.5. The zero-order valence-electron chi connectivity index (χ0n) is 18.7. The summed E-state index contributed by atoms with van der Waals surface area (Å²) < 4.78 is 11.1. The summed E-state index contributed by atoms with van der Waals surface area (Å²) in [5.74, 6) is 1.03. The van der Waals surface area contributed by atoms with Gasteiger partial charge in [0, 0.05) is 40.7 Å². The number of hydrogen-bond donors (Lipinski definition) is 2. The maximum Gasteiger partial charge on any atom is 0.255 e. The molecule has 2 aliphatic rings. The van der Waals surface area contributed by atoms with Crippen molar-refractivity contribution in [2.45, 2.75) is 32.6 Å². The summed E-state index contributed by atoms with van der Waals surface area (Å²) in [6.45, 7) is 3.92. The highest BCUT2D eigenvalue weighted by Gasteiger charge is 2.41. The van der Waals surface area contributed by atoms with Crippen LogP contribution in [0.4, 0.5) is 5.82 Å². The third kappa shape index (κ3) is 3.98. The molecule has 0 bridgehead atoms. The molecule has 0 radical (unpaired) electrons. The van der Waals surface area contributed by atoms with Gasteiger partial charge in [0.25, 0.3) is 5.91 Å². The quantitative estimate of drug-likeness (QED) is 0.742. The SMILES string of the molecule is COc1ccc(OC)c([C@H]2C(C(=O)Nc3ccccn3)=C(C)NC3=C2C(=O)C[C@H](C)C3)c1. The number of nitrogens with one attached hydrogen (secondary N) is 2. The van der Waals surface area contributed by atoms with E-state index in [1.165, 1.54) is 0 Å². The number of pyridine rings is 1. The van der Waals surface area contributed by atoms with E-state index in [9.17, 15) is 9.59 Å². The first-order valence-electron chi connectivity index (χ1n) is 10.6. The molecule has 1 aromatic heterocycles. The number of allylic oxidation sites excluding steroid dienone is 3. The van der Waals surface area contributed by atoms with Crippen LogP contribution in [0.15, 0.2) is 65.1 Å². The van der Waals surface area contributed by atoms with Gasteiger partial charge in [-0.1, -0.05) is 13.0 Å².